The van der Waals surface area contributed by atoms with E-state index in [2.05, 4.69) is 18.2 Å². The lowest BCUT2D eigenvalue weighted by Gasteiger charge is -2.09. The Balaban J connectivity index is 1.49. The Kier molecular flexibility index (Phi) is 5.72. The Morgan fingerprint density at radius 2 is 0.795 bits per heavy atom. The highest BCUT2D eigenvalue weighted by Gasteiger charge is 2.20. The number of hydrogen-bond donors (Lipinski definition) is 0. The van der Waals surface area contributed by atoms with E-state index in [0.717, 1.165) is 38.9 Å². The zero-order valence-corrected chi connectivity index (χ0v) is 20.9. The van der Waals surface area contributed by atoms with E-state index in [0.29, 0.717) is 28.9 Å². The molecule has 184 valence electrons. The van der Waals surface area contributed by atoms with Crippen molar-refractivity contribution in [1.82, 2.24) is 19.9 Å². The van der Waals surface area contributed by atoms with Crippen molar-refractivity contribution in [3.05, 3.63) is 133 Å². The molecule has 0 N–H and O–H groups in total. The number of aromatic nitrogens is 4. The summed E-state index contributed by atoms with van der Waals surface area (Å²) in [6.07, 6.45) is 0. The van der Waals surface area contributed by atoms with E-state index < -0.39 is 0 Å². The molecule has 0 atom stereocenters. The van der Waals surface area contributed by atoms with Crippen LogP contribution in [0.15, 0.2) is 138 Å². The van der Waals surface area contributed by atoms with Crippen molar-refractivity contribution < 1.29 is 4.42 Å². The van der Waals surface area contributed by atoms with Crippen molar-refractivity contribution in [2.24, 2.45) is 0 Å². The summed E-state index contributed by atoms with van der Waals surface area (Å²) in [7, 11) is 0. The normalized spacial score (nSPS) is 11.1. The Hall–Kier alpha value is -5.42. The van der Waals surface area contributed by atoms with Gasteiger partial charge in [-0.1, -0.05) is 115 Å². The number of hydrogen-bond acceptors (Lipinski definition) is 5. The molecular weight excluding hydrogens is 480 g/mol. The van der Waals surface area contributed by atoms with E-state index in [-0.39, 0.29) is 0 Å². The fourth-order valence-corrected chi connectivity index (χ4v) is 4.67. The van der Waals surface area contributed by atoms with Crippen LogP contribution in [-0.2, 0) is 0 Å². The summed E-state index contributed by atoms with van der Waals surface area (Å²) in [5.41, 5.74) is 6.95. The van der Waals surface area contributed by atoms with Crippen LogP contribution in [0.25, 0.3) is 67.8 Å². The molecule has 2 aromatic heterocycles. The van der Waals surface area contributed by atoms with Crippen LogP contribution in [0, 0.1) is 0 Å². The van der Waals surface area contributed by atoms with E-state index in [1.54, 1.807) is 0 Å². The van der Waals surface area contributed by atoms with Gasteiger partial charge in [0.15, 0.2) is 23.1 Å². The van der Waals surface area contributed by atoms with Crippen LogP contribution in [0.2, 0.25) is 0 Å². The summed E-state index contributed by atoms with van der Waals surface area (Å²) in [4.78, 5) is 19.6. The molecule has 0 saturated heterocycles. The van der Waals surface area contributed by atoms with Gasteiger partial charge >= 0.3 is 0 Å². The van der Waals surface area contributed by atoms with Crippen LogP contribution < -0.4 is 0 Å². The monoisotopic (exact) mass is 502 g/mol. The van der Waals surface area contributed by atoms with Gasteiger partial charge in [-0.3, -0.25) is 0 Å². The van der Waals surface area contributed by atoms with Gasteiger partial charge in [0.2, 0.25) is 5.89 Å². The van der Waals surface area contributed by atoms with Crippen LogP contribution in [0.3, 0.4) is 0 Å². The number of benzene rings is 5. The first-order valence-electron chi connectivity index (χ1n) is 12.8. The molecule has 39 heavy (non-hydrogen) atoms. The lowest BCUT2D eigenvalue weighted by atomic mass is 10.0. The van der Waals surface area contributed by atoms with Crippen LogP contribution >= 0.6 is 0 Å². The zero-order chi connectivity index (χ0) is 26.0. The summed E-state index contributed by atoms with van der Waals surface area (Å²) >= 11 is 0. The van der Waals surface area contributed by atoms with Crippen LogP contribution in [0.5, 0.6) is 0 Å². The number of oxazole rings is 1. The van der Waals surface area contributed by atoms with Crippen molar-refractivity contribution in [2.75, 3.05) is 0 Å². The smallest absolute Gasteiger partial charge is 0.227 e. The van der Waals surface area contributed by atoms with E-state index >= 15 is 0 Å². The zero-order valence-electron chi connectivity index (χ0n) is 20.9. The van der Waals surface area contributed by atoms with Crippen molar-refractivity contribution in [2.45, 2.75) is 0 Å². The van der Waals surface area contributed by atoms with Crippen molar-refractivity contribution in [3.63, 3.8) is 0 Å². The SMILES string of the molecule is c1ccc(-c2nc(-c3ccccc3)nc(-c3ccc(-c4ccccc4)c4nc(-c5ccccc5)oc34)n2)cc1. The highest BCUT2D eigenvalue weighted by Crippen LogP contribution is 2.38. The quantitative estimate of drug-likeness (QED) is 0.237. The van der Waals surface area contributed by atoms with E-state index in [1.165, 1.54) is 0 Å². The molecule has 0 unspecified atom stereocenters. The highest BCUT2D eigenvalue weighted by atomic mass is 16.3. The van der Waals surface area contributed by atoms with Gasteiger partial charge < -0.3 is 4.42 Å². The van der Waals surface area contributed by atoms with Gasteiger partial charge in [0.05, 0.1) is 5.56 Å². The maximum Gasteiger partial charge on any atom is 0.227 e. The average Bonchev–Trinajstić information content (AvgIpc) is 3.48. The van der Waals surface area contributed by atoms with Gasteiger partial charge in [-0.25, -0.2) is 19.9 Å². The van der Waals surface area contributed by atoms with Gasteiger partial charge in [0.1, 0.15) is 5.52 Å². The third-order valence-electron chi connectivity index (χ3n) is 6.59. The van der Waals surface area contributed by atoms with Crippen molar-refractivity contribution >= 4 is 11.1 Å². The highest BCUT2D eigenvalue weighted by molar-refractivity contribution is 5.99. The number of rotatable bonds is 5. The van der Waals surface area contributed by atoms with E-state index in [4.69, 9.17) is 24.4 Å². The molecule has 5 aromatic carbocycles. The van der Waals surface area contributed by atoms with Gasteiger partial charge in [-0.15, -0.1) is 0 Å². The number of fused-ring (bicyclic) bond motifs is 1. The summed E-state index contributed by atoms with van der Waals surface area (Å²) in [5.74, 6) is 2.28. The fraction of sp³-hybridized carbons (Fsp3) is 0. The van der Waals surface area contributed by atoms with E-state index in [9.17, 15) is 0 Å². The second kappa shape index (κ2) is 9.80. The second-order valence-electron chi connectivity index (χ2n) is 9.13. The topological polar surface area (TPSA) is 64.7 Å². The molecule has 0 aliphatic carbocycles. The molecule has 7 aromatic rings. The molecule has 0 radical (unpaired) electrons. The van der Waals surface area contributed by atoms with Gasteiger partial charge in [0.25, 0.3) is 0 Å². The molecule has 0 bridgehead atoms. The first-order valence-corrected chi connectivity index (χ1v) is 12.8. The Labute approximate surface area is 225 Å². The number of nitrogens with zero attached hydrogens (tertiary/aromatic N) is 4. The predicted octanol–water partition coefficient (Wildman–Crippen LogP) is 8.35. The van der Waals surface area contributed by atoms with Gasteiger partial charge in [-0.05, 0) is 23.8 Å². The fourth-order valence-electron chi connectivity index (χ4n) is 4.67. The molecule has 5 nitrogen and oxygen atoms in total. The largest absolute Gasteiger partial charge is 0.435 e. The summed E-state index contributed by atoms with van der Waals surface area (Å²) in [5, 5.41) is 0. The second-order valence-corrected chi connectivity index (χ2v) is 9.13. The summed E-state index contributed by atoms with van der Waals surface area (Å²) in [6.45, 7) is 0. The lowest BCUT2D eigenvalue weighted by molar-refractivity contribution is 0.620. The molecule has 0 amide bonds. The molecule has 7 rings (SSSR count). The lowest BCUT2D eigenvalue weighted by Crippen LogP contribution is -2.00. The molecule has 2 heterocycles. The predicted molar refractivity (Wildman–Crippen MR) is 155 cm³/mol. The van der Waals surface area contributed by atoms with Crippen molar-refractivity contribution in [3.8, 4) is 56.7 Å². The van der Waals surface area contributed by atoms with Gasteiger partial charge in [0, 0.05) is 22.3 Å². The van der Waals surface area contributed by atoms with Crippen LogP contribution in [-0.4, -0.2) is 19.9 Å². The first-order chi connectivity index (χ1) is 19.3. The molecule has 0 spiro atoms. The first kappa shape index (κ1) is 22.8. The van der Waals surface area contributed by atoms with E-state index in [1.807, 2.05) is 115 Å². The molecule has 0 fully saturated rings. The Bertz CT molecular complexity index is 1830. The standard InChI is InChI=1S/C34H22N4O/c1-5-13-23(14-6-1)27-21-22-28(30-29(27)35-34(39-30)26-19-11-4-12-20-26)33-37-31(24-15-7-2-8-16-24)36-32(38-33)25-17-9-3-10-18-25/h1-22H. The molecule has 0 aliphatic heterocycles. The molecule has 0 aliphatic rings. The van der Waals surface area contributed by atoms with Crippen LogP contribution in [0.1, 0.15) is 0 Å². The molecule has 0 saturated carbocycles. The third-order valence-corrected chi connectivity index (χ3v) is 6.59. The van der Waals surface area contributed by atoms with Crippen LogP contribution in [0.4, 0.5) is 0 Å². The Morgan fingerprint density at radius 1 is 0.359 bits per heavy atom. The van der Waals surface area contributed by atoms with Crippen molar-refractivity contribution in [1.29, 1.82) is 0 Å². The summed E-state index contributed by atoms with van der Waals surface area (Å²) in [6, 6.07) is 44.1. The molecule has 5 heteroatoms. The molecular formula is C34H22N4O. The minimum atomic E-state index is 0.531. The summed E-state index contributed by atoms with van der Waals surface area (Å²) < 4.78 is 6.48. The third kappa shape index (κ3) is 4.36. The van der Waals surface area contributed by atoms with Gasteiger partial charge in [-0.2, -0.15) is 0 Å². The Morgan fingerprint density at radius 3 is 1.33 bits per heavy atom. The maximum absolute atomic E-state index is 6.48. The average molecular weight is 503 g/mol. The minimum absolute atomic E-state index is 0.531. The maximum atomic E-state index is 6.48. The minimum Gasteiger partial charge on any atom is -0.435 e.